The molecule has 4 nitrogen and oxygen atoms in total. The quantitative estimate of drug-likeness (QED) is 0.847. The Morgan fingerprint density at radius 2 is 2.29 bits per heavy atom. The van der Waals surface area contributed by atoms with Crippen molar-refractivity contribution >= 4 is 5.91 Å². The molecule has 0 aliphatic carbocycles. The van der Waals surface area contributed by atoms with E-state index in [0.29, 0.717) is 17.9 Å². The van der Waals surface area contributed by atoms with Crippen molar-refractivity contribution in [3.63, 3.8) is 0 Å². The van der Waals surface area contributed by atoms with Gasteiger partial charge in [0, 0.05) is 37.5 Å². The summed E-state index contributed by atoms with van der Waals surface area (Å²) in [7, 11) is 0. The number of carbonyl (C=O) groups excluding carboxylic acids is 1. The second-order valence-corrected chi connectivity index (χ2v) is 5.57. The molecule has 0 bridgehead atoms. The van der Waals surface area contributed by atoms with Gasteiger partial charge in [-0.1, -0.05) is 18.8 Å². The number of amides is 1. The summed E-state index contributed by atoms with van der Waals surface area (Å²) in [5.41, 5.74) is 1.32. The average Bonchev–Trinajstić information content (AvgIpc) is 2.72. The van der Waals surface area contributed by atoms with Gasteiger partial charge in [-0.2, -0.15) is 0 Å². The summed E-state index contributed by atoms with van der Waals surface area (Å²) >= 11 is 0. The Hall–Kier alpha value is -1.86. The summed E-state index contributed by atoms with van der Waals surface area (Å²) in [6, 6.07) is 1.79. The van der Waals surface area contributed by atoms with Crippen molar-refractivity contribution in [2.75, 3.05) is 19.7 Å². The Morgan fingerprint density at radius 1 is 1.43 bits per heavy atom. The predicted molar refractivity (Wildman–Crippen MR) is 81.7 cm³/mol. The molecule has 0 aromatic carbocycles. The Bertz CT molecular complexity index is 545. The van der Waals surface area contributed by atoms with Crippen LogP contribution in [0.15, 0.2) is 18.5 Å². The van der Waals surface area contributed by atoms with Gasteiger partial charge in [-0.25, -0.2) is 0 Å². The minimum atomic E-state index is 0.0439. The summed E-state index contributed by atoms with van der Waals surface area (Å²) in [6.45, 7) is 3.93. The van der Waals surface area contributed by atoms with Gasteiger partial charge in [0.15, 0.2) is 0 Å². The smallest absolute Gasteiger partial charge is 0.255 e. The van der Waals surface area contributed by atoms with Crippen LogP contribution < -0.4 is 0 Å². The van der Waals surface area contributed by atoms with Crippen LogP contribution in [0.3, 0.4) is 0 Å². The maximum Gasteiger partial charge on any atom is 0.255 e. The van der Waals surface area contributed by atoms with Crippen LogP contribution in [-0.2, 0) is 0 Å². The summed E-state index contributed by atoms with van der Waals surface area (Å²) in [4.78, 5) is 18.6. The molecule has 0 saturated carbocycles. The minimum absolute atomic E-state index is 0.0439. The third kappa shape index (κ3) is 4.57. The molecule has 1 aromatic rings. The molecule has 1 aliphatic heterocycles. The lowest BCUT2D eigenvalue weighted by molar-refractivity contribution is 0.0760. The van der Waals surface area contributed by atoms with E-state index in [0.717, 1.165) is 31.5 Å². The van der Waals surface area contributed by atoms with Crippen LogP contribution in [0.2, 0.25) is 0 Å². The van der Waals surface area contributed by atoms with Gasteiger partial charge in [0.1, 0.15) is 0 Å². The van der Waals surface area contributed by atoms with E-state index in [2.05, 4.69) is 23.7 Å². The zero-order chi connectivity index (χ0) is 15.1. The summed E-state index contributed by atoms with van der Waals surface area (Å²) in [5, 5.41) is 8.73. The van der Waals surface area contributed by atoms with E-state index in [1.165, 1.54) is 6.42 Å². The number of rotatable bonds is 2. The van der Waals surface area contributed by atoms with Crippen LogP contribution >= 0.6 is 0 Å². The fourth-order valence-corrected chi connectivity index (χ4v) is 2.49. The van der Waals surface area contributed by atoms with E-state index in [9.17, 15) is 4.79 Å². The van der Waals surface area contributed by atoms with Crippen LogP contribution in [-0.4, -0.2) is 40.6 Å². The standard InChI is InChI=1S/C17H22N2O2/c1-14-5-4-8-19(9-7-14)17(21)16-11-15(12-18-13-16)6-2-3-10-20/h11-14,20H,3-5,7-10H2,1H3. The van der Waals surface area contributed by atoms with Crippen LogP contribution in [0.25, 0.3) is 0 Å². The molecule has 4 heteroatoms. The summed E-state index contributed by atoms with van der Waals surface area (Å²) in [5.74, 6) is 6.50. The monoisotopic (exact) mass is 286 g/mol. The number of aromatic nitrogens is 1. The number of hydrogen-bond donors (Lipinski definition) is 1. The van der Waals surface area contributed by atoms with Crippen molar-refractivity contribution in [3.8, 4) is 11.8 Å². The third-order valence-corrected chi connectivity index (χ3v) is 3.76. The van der Waals surface area contributed by atoms with E-state index in [-0.39, 0.29) is 12.5 Å². The summed E-state index contributed by atoms with van der Waals surface area (Å²) < 4.78 is 0. The van der Waals surface area contributed by atoms with Gasteiger partial charge in [-0.15, -0.1) is 0 Å². The van der Waals surface area contributed by atoms with Crippen molar-refractivity contribution in [1.29, 1.82) is 0 Å². The highest BCUT2D eigenvalue weighted by Crippen LogP contribution is 2.18. The number of aliphatic hydroxyl groups excluding tert-OH is 1. The summed E-state index contributed by atoms with van der Waals surface area (Å²) in [6.07, 6.45) is 7.00. The first-order valence-corrected chi connectivity index (χ1v) is 7.54. The fraction of sp³-hybridized carbons (Fsp3) is 0.529. The number of nitrogens with zero attached hydrogens (tertiary/aromatic N) is 2. The lowest BCUT2D eigenvalue weighted by atomic mass is 10.0. The Labute approximate surface area is 126 Å². The third-order valence-electron chi connectivity index (χ3n) is 3.76. The molecule has 112 valence electrons. The highest BCUT2D eigenvalue weighted by molar-refractivity contribution is 5.94. The van der Waals surface area contributed by atoms with Crippen LogP contribution in [0.5, 0.6) is 0 Å². The van der Waals surface area contributed by atoms with Gasteiger partial charge >= 0.3 is 0 Å². The molecule has 1 unspecified atom stereocenters. The molecule has 1 amide bonds. The number of hydrogen-bond acceptors (Lipinski definition) is 3. The van der Waals surface area contributed by atoms with E-state index >= 15 is 0 Å². The number of likely N-dealkylation sites (tertiary alicyclic amines) is 1. The molecule has 1 saturated heterocycles. The molecular weight excluding hydrogens is 264 g/mol. The number of carbonyl (C=O) groups is 1. The van der Waals surface area contributed by atoms with Crippen LogP contribution in [0, 0.1) is 17.8 Å². The van der Waals surface area contributed by atoms with Gasteiger partial charge in [-0.05, 0) is 31.2 Å². The Balaban J connectivity index is 2.08. The molecule has 1 N–H and O–H groups in total. The van der Waals surface area contributed by atoms with Gasteiger partial charge < -0.3 is 10.0 Å². The van der Waals surface area contributed by atoms with Gasteiger partial charge in [0.2, 0.25) is 0 Å². The molecule has 1 fully saturated rings. The predicted octanol–water partition coefficient (Wildman–Crippen LogP) is 2.08. The average molecular weight is 286 g/mol. The van der Waals surface area contributed by atoms with Crippen LogP contribution in [0.4, 0.5) is 0 Å². The fourth-order valence-electron chi connectivity index (χ4n) is 2.49. The highest BCUT2D eigenvalue weighted by Gasteiger charge is 2.20. The van der Waals surface area contributed by atoms with E-state index in [4.69, 9.17) is 5.11 Å². The van der Waals surface area contributed by atoms with Gasteiger partial charge in [-0.3, -0.25) is 9.78 Å². The van der Waals surface area contributed by atoms with E-state index < -0.39 is 0 Å². The van der Waals surface area contributed by atoms with Gasteiger partial charge in [0.25, 0.3) is 5.91 Å². The normalized spacial score (nSPS) is 18.6. The van der Waals surface area contributed by atoms with Gasteiger partial charge in [0.05, 0.1) is 12.2 Å². The van der Waals surface area contributed by atoms with E-state index in [1.807, 2.05) is 4.90 Å². The molecule has 21 heavy (non-hydrogen) atoms. The number of aliphatic hydroxyl groups is 1. The van der Waals surface area contributed by atoms with Crippen molar-refractivity contribution in [2.45, 2.75) is 32.6 Å². The second kappa shape index (κ2) is 7.80. The molecular formula is C17H22N2O2. The Kier molecular flexibility index (Phi) is 5.77. The molecule has 1 aliphatic rings. The molecule has 0 radical (unpaired) electrons. The molecule has 2 heterocycles. The topological polar surface area (TPSA) is 53.4 Å². The molecule has 1 atom stereocenters. The molecule has 1 aromatic heterocycles. The largest absolute Gasteiger partial charge is 0.395 e. The van der Waals surface area contributed by atoms with Crippen molar-refractivity contribution in [3.05, 3.63) is 29.6 Å². The second-order valence-electron chi connectivity index (χ2n) is 5.57. The van der Waals surface area contributed by atoms with E-state index in [1.54, 1.807) is 18.5 Å². The zero-order valence-electron chi connectivity index (χ0n) is 12.5. The SMILES string of the molecule is CC1CCCN(C(=O)c2cncc(C#CCCO)c2)CC1. The highest BCUT2D eigenvalue weighted by atomic mass is 16.2. The Morgan fingerprint density at radius 3 is 3.10 bits per heavy atom. The van der Waals surface area contributed by atoms with Crippen LogP contribution in [0.1, 0.15) is 48.5 Å². The maximum absolute atomic E-state index is 12.5. The first kappa shape index (κ1) is 15.5. The van der Waals surface area contributed by atoms with Crippen molar-refractivity contribution < 1.29 is 9.90 Å². The zero-order valence-corrected chi connectivity index (χ0v) is 12.5. The number of pyridine rings is 1. The lowest BCUT2D eigenvalue weighted by Gasteiger charge is -2.20. The first-order chi connectivity index (χ1) is 10.2. The molecule has 0 spiro atoms. The minimum Gasteiger partial charge on any atom is -0.395 e. The lowest BCUT2D eigenvalue weighted by Crippen LogP contribution is -2.32. The molecule has 2 rings (SSSR count). The van der Waals surface area contributed by atoms with Crippen molar-refractivity contribution in [2.24, 2.45) is 5.92 Å². The first-order valence-electron chi connectivity index (χ1n) is 7.54. The maximum atomic E-state index is 12.5. The van der Waals surface area contributed by atoms with Crippen molar-refractivity contribution in [1.82, 2.24) is 9.88 Å².